The Labute approximate surface area is 189 Å². The number of likely N-dealkylation sites (tertiary alicyclic amines) is 1. The molecule has 1 aliphatic rings. The van der Waals surface area contributed by atoms with Crippen molar-refractivity contribution in [2.45, 2.75) is 26.3 Å². The number of benzene rings is 2. The van der Waals surface area contributed by atoms with Gasteiger partial charge in [-0.1, -0.05) is 55.8 Å². The number of carbonyl (C=O) groups is 1. The monoisotopic (exact) mass is 446 g/mol. The van der Waals surface area contributed by atoms with Crippen LogP contribution in [0.15, 0.2) is 48.5 Å². The number of amides is 1. The zero-order chi connectivity index (χ0) is 22.4. The van der Waals surface area contributed by atoms with Crippen LogP contribution in [0.25, 0.3) is 0 Å². The summed E-state index contributed by atoms with van der Waals surface area (Å²) in [6.45, 7) is 8.11. The van der Waals surface area contributed by atoms with Crippen molar-refractivity contribution >= 4 is 17.5 Å². The van der Waals surface area contributed by atoms with E-state index in [2.05, 4.69) is 24.8 Å². The van der Waals surface area contributed by atoms with Gasteiger partial charge in [0.1, 0.15) is 12.4 Å². The van der Waals surface area contributed by atoms with Crippen LogP contribution in [0.5, 0.6) is 0 Å². The fourth-order valence-electron chi connectivity index (χ4n) is 4.45. The van der Waals surface area contributed by atoms with E-state index in [4.69, 9.17) is 16.3 Å². The Balaban J connectivity index is 1.81. The van der Waals surface area contributed by atoms with Crippen LogP contribution < -0.4 is 0 Å². The van der Waals surface area contributed by atoms with Crippen molar-refractivity contribution < 1.29 is 13.9 Å². The lowest BCUT2D eigenvalue weighted by Crippen LogP contribution is -2.41. The van der Waals surface area contributed by atoms with E-state index in [1.807, 2.05) is 35.2 Å². The van der Waals surface area contributed by atoms with Gasteiger partial charge in [0.2, 0.25) is 5.91 Å². The van der Waals surface area contributed by atoms with Gasteiger partial charge in [-0.2, -0.15) is 0 Å². The molecule has 6 heteroatoms. The second-order valence-corrected chi connectivity index (χ2v) is 9.24. The molecule has 1 saturated heterocycles. The summed E-state index contributed by atoms with van der Waals surface area (Å²) < 4.78 is 18.6. The first-order valence-electron chi connectivity index (χ1n) is 10.8. The number of halogens is 2. The van der Waals surface area contributed by atoms with E-state index in [1.165, 1.54) is 12.1 Å². The summed E-state index contributed by atoms with van der Waals surface area (Å²) in [6.07, 6.45) is 0. The molecule has 3 rings (SSSR count). The highest BCUT2D eigenvalue weighted by Gasteiger charge is 2.36. The fourth-order valence-corrected chi connectivity index (χ4v) is 4.64. The first-order valence-corrected chi connectivity index (χ1v) is 11.2. The maximum absolute atomic E-state index is 13.5. The van der Waals surface area contributed by atoms with Crippen molar-refractivity contribution in [3.8, 4) is 0 Å². The Morgan fingerprint density at radius 2 is 1.90 bits per heavy atom. The summed E-state index contributed by atoms with van der Waals surface area (Å²) in [5.74, 6) is 0.604. The Hall–Kier alpha value is -1.95. The van der Waals surface area contributed by atoms with E-state index in [1.54, 1.807) is 7.11 Å². The number of carbonyl (C=O) groups excluding carboxylic acids is 1. The van der Waals surface area contributed by atoms with Gasteiger partial charge in [0, 0.05) is 50.8 Å². The first-order chi connectivity index (χ1) is 14.9. The van der Waals surface area contributed by atoms with Crippen LogP contribution in [0.2, 0.25) is 5.02 Å². The normalized spacial score (nSPS) is 19.2. The number of hydrogen-bond acceptors (Lipinski definition) is 3. The van der Waals surface area contributed by atoms with Crippen molar-refractivity contribution in [3.05, 3.63) is 70.5 Å². The molecule has 0 aliphatic carbocycles. The van der Waals surface area contributed by atoms with Crippen molar-refractivity contribution in [1.82, 2.24) is 9.80 Å². The predicted octanol–water partition coefficient (Wildman–Crippen LogP) is 4.83. The van der Waals surface area contributed by atoms with Crippen LogP contribution >= 0.6 is 11.6 Å². The zero-order valence-corrected chi connectivity index (χ0v) is 19.3. The molecule has 2 aromatic carbocycles. The molecule has 0 radical (unpaired) electrons. The van der Waals surface area contributed by atoms with E-state index in [0.29, 0.717) is 19.0 Å². The molecule has 2 atom stereocenters. The van der Waals surface area contributed by atoms with Crippen LogP contribution in [0.1, 0.15) is 30.9 Å². The van der Waals surface area contributed by atoms with E-state index >= 15 is 0 Å². The summed E-state index contributed by atoms with van der Waals surface area (Å²) >= 11 is 6.39. The van der Waals surface area contributed by atoms with Crippen molar-refractivity contribution in [1.29, 1.82) is 0 Å². The molecule has 1 heterocycles. The maximum Gasteiger partial charge on any atom is 0.248 e. The summed E-state index contributed by atoms with van der Waals surface area (Å²) in [5.41, 5.74) is 2.20. The average Bonchev–Trinajstić information content (AvgIpc) is 3.12. The van der Waals surface area contributed by atoms with Gasteiger partial charge in [-0.05, 0) is 41.2 Å². The molecule has 1 amide bonds. The summed E-state index contributed by atoms with van der Waals surface area (Å²) in [4.78, 5) is 17.0. The zero-order valence-electron chi connectivity index (χ0n) is 18.6. The Kier molecular flexibility index (Phi) is 8.47. The van der Waals surface area contributed by atoms with Crippen LogP contribution in [0, 0.1) is 17.7 Å². The molecule has 4 nitrogen and oxygen atoms in total. The molecular formula is C25H32ClFN2O2. The second kappa shape index (κ2) is 11.1. The predicted molar refractivity (Wildman–Crippen MR) is 123 cm³/mol. The topological polar surface area (TPSA) is 32.8 Å². The molecule has 0 spiro atoms. The van der Waals surface area contributed by atoms with Gasteiger partial charge in [0.25, 0.3) is 0 Å². The van der Waals surface area contributed by atoms with Gasteiger partial charge < -0.3 is 9.64 Å². The minimum absolute atomic E-state index is 0.0126. The molecule has 168 valence electrons. The maximum atomic E-state index is 13.5. The summed E-state index contributed by atoms with van der Waals surface area (Å²) in [6, 6.07) is 14.7. The van der Waals surface area contributed by atoms with E-state index < -0.39 is 0 Å². The lowest BCUT2D eigenvalue weighted by molar-refractivity contribution is -0.136. The van der Waals surface area contributed by atoms with Gasteiger partial charge in [0.15, 0.2) is 0 Å². The van der Waals surface area contributed by atoms with Crippen LogP contribution in [0.4, 0.5) is 4.39 Å². The summed E-state index contributed by atoms with van der Waals surface area (Å²) in [7, 11) is 1.55. The third kappa shape index (κ3) is 6.52. The van der Waals surface area contributed by atoms with Gasteiger partial charge in [0.05, 0.1) is 0 Å². The Bertz CT molecular complexity index is 859. The highest BCUT2D eigenvalue weighted by molar-refractivity contribution is 6.31. The van der Waals surface area contributed by atoms with Crippen LogP contribution in [0.3, 0.4) is 0 Å². The van der Waals surface area contributed by atoms with Gasteiger partial charge in [-0.15, -0.1) is 0 Å². The fraction of sp³-hybridized carbons (Fsp3) is 0.480. The quantitative estimate of drug-likeness (QED) is 0.553. The SMILES string of the molecule is COCC(=O)N(CC(C)C)C[C@H]1CN(Cc2ccccc2Cl)C[C@H]1c1ccc(F)cc1. The van der Waals surface area contributed by atoms with E-state index in [0.717, 1.165) is 35.8 Å². The van der Waals surface area contributed by atoms with Crippen molar-refractivity contribution in [3.63, 3.8) is 0 Å². The first kappa shape index (κ1) is 23.7. The smallest absolute Gasteiger partial charge is 0.248 e. The summed E-state index contributed by atoms with van der Waals surface area (Å²) in [5, 5.41) is 0.765. The highest BCUT2D eigenvalue weighted by atomic mass is 35.5. The van der Waals surface area contributed by atoms with E-state index in [-0.39, 0.29) is 30.2 Å². The standard InChI is InChI=1S/C25H32ClFN2O2/c1-18(2)12-29(25(30)17-31-3)15-21-14-28(13-20-6-4-5-7-24(20)26)16-23(21)19-8-10-22(27)11-9-19/h4-11,18,21,23H,12-17H2,1-3H3/t21-,23+/m1/s1. The molecule has 0 unspecified atom stereocenters. The molecule has 2 aromatic rings. The van der Waals surface area contributed by atoms with Gasteiger partial charge in [-0.25, -0.2) is 4.39 Å². The van der Waals surface area contributed by atoms with Crippen molar-refractivity contribution in [2.75, 3.05) is 39.9 Å². The van der Waals surface area contributed by atoms with Gasteiger partial charge in [-0.3, -0.25) is 9.69 Å². The number of rotatable bonds is 9. The Morgan fingerprint density at radius 1 is 1.19 bits per heavy atom. The Morgan fingerprint density at radius 3 is 2.55 bits per heavy atom. The molecule has 1 fully saturated rings. The second-order valence-electron chi connectivity index (χ2n) is 8.83. The van der Waals surface area contributed by atoms with E-state index in [9.17, 15) is 9.18 Å². The average molecular weight is 447 g/mol. The molecule has 31 heavy (non-hydrogen) atoms. The third-order valence-electron chi connectivity index (χ3n) is 5.83. The number of methoxy groups -OCH3 is 1. The molecule has 0 saturated carbocycles. The molecular weight excluding hydrogens is 415 g/mol. The third-order valence-corrected chi connectivity index (χ3v) is 6.20. The number of ether oxygens (including phenoxy) is 1. The number of nitrogens with zero attached hydrogens (tertiary/aromatic N) is 2. The number of hydrogen-bond donors (Lipinski definition) is 0. The molecule has 0 N–H and O–H groups in total. The molecule has 0 aromatic heterocycles. The molecule has 0 bridgehead atoms. The minimum atomic E-state index is -0.233. The highest BCUT2D eigenvalue weighted by Crippen LogP contribution is 2.35. The van der Waals surface area contributed by atoms with Crippen LogP contribution in [-0.4, -0.2) is 55.6 Å². The lowest BCUT2D eigenvalue weighted by Gasteiger charge is -2.30. The molecule has 1 aliphatic heterocycles. The minimum Gasteiger partial charge on any atom is -0.375 e. The lowest BCUT2D eigenvalue weighted by atomic mass is 9.88. The van der Waals surface area contributed by atoms with Crippen molar-refractivity contribution in [2.24, 2.45) is 11.8 Å². The van der Waals surface area contributed by atoms with Gasteiger partial charge >= 0.3 is 0 Å². The largest absolute Gasteiger partial charge is 0.375 e. The van der Waals surface area contributed by atoms with Crippen LogP contribution in [-0.2, 0) is 16.1 Å².